The zero-order chi connectivity index (χ0) is 16.8. The minimum atomic E-state index is 0.608. The van der Waals surface area contributed by atoms with E-state index in [0.29, 0.717) is 13.2 Å². The lowest BCUT2D eigenvalue weighted by Gasteiger charge is -2.15. The summed E-state index contributed by atoms with van der Waals surface area (Å²) in [6.45, 7) is 3.14. The molecule has 3 rings (SSSR count). The first kappa shape index (κ1) is 16.5. The molecule has 1 N–H and O–H groups in total. The van der Waals surface area contributed by atoms with Crippen molar-refractivity contribution < 1.29 is 4.74 Å². The van der Waals surface area contributed by atoms with E-state index >= 15 is 0 Å². The van der Waals surface area contributed by atoms with Crippen molar-refractivity contribution in [1.82, 2.24) is 5.32 Å². The Bertz CT molecular complexity index is 692. The third-order valence-corrected chi connectivity index (χ3v) is 4.09. The van der Waals surface area contributed by atoms with Gasteiger partial charge in [-0.05, 0) is 35.7 Å². The second kappa shape index (κ2) is 7.97. The lowest BCUT2D eigenvalue weighted by atomic mass is 10.1. The summed E-state index contributed by atoms with van der Waals surface area (Å²) in [5.74, 6) is 1.00. The van der Waals surface area contributed by atoms with Crippen LogP contribution in [-0.4, -0.2) is 33.0 Å². The molecule has 4 heteroatoms. The molecule has 126 valence electrons. The maximum absolute atomic E-state index is 5.87. The number of hydrogen-bond acceptors (Lipinski definition) is 4. The number of anilines is 1. The van der Waals surface area contributed by atoms with Crippen molar-refractivity contribution in [2.24, 2.45) is 4.99 Å². The van der Waals surface area contributed by atoms with Gasteiger partial charge in [0.05, 0.1) is 13.2 Å². The number of hydrogen-bond donors (Lipinski definition) is 1. The maximum Gasteiger partial charge on any atom is 0.128 e. The average molecular weight is 323 g/mol. The van der Waals surface area contributed by atoms with E-state index < -0.39 is 0 Å². The molecule has 24 heavy (non-hydrogen) atoms. The Morgan fingerprint density at radius 1 is 1.04 bits per heavy atom. The van der Waals surface area contributed by atoms with Gasteiger partial charge in [-0.1, -0.05) is 30.3 Å². The third-order valence-electron chi connectivity index (χ3n) is 4.09. The molecule has 0 fully saturated rings. The van der Waals surface area contributed by atoms with E-state index in [9.17, 15) is 0 Å². The molecule has 0 radical (unpaired) electrons. The standard InChI is InChI=1S/C20H25N3O/c1-23(2)19-9-7-16(8-10-19)14-24-15-17-5-3-6-18(13-17)20-21-11-4-12-22-20/h3,5-10,13H,4,11-12,14-15H2,1-2H3,(H,21,22). The largest absolute Gasteiger partial charge is 0.378 e. The van der Waals surface area contributed by atoms with E-state index in [0.717, 1.165) is 30.9 Å². The Morgan fingerprint density at radius 2 is 1.83 bits per heavy atom. The summed E-state index contributed by atoms with van der Waals surface area (Å²) in [5, 5.41) is 3.36. The Labute approximate surface area is 144 Å². The summed E-state index contributed by atoms with van der Waals surface area (Å²) in [7, 11) is 4.09. The second-order valence-corrected chi connectivity index (χ2v) is 6.26. The second-order valence-electron chi connectivity index (χ2n) is 6.26. The van der Waals surface area contributed by atoms with Crippen molar-refractivity contribution in [3.05, 3.63) is 65.2 Å². The zero-order valence-electron chi connectivity index (χ0n) is 14.5. The summed E-state index contributed by atoms with van der Waals surface area (Å²) in [5.41, 5.74) is 4.71. The van der Waals surface area contributed by atoms with Crippen LogP contribution in [0.3, 0.4) is 0 Å². The number of aliphatic imine (C=N–C) groups is 1. The van der Waals surface area contributed by atoms with Crippen molar-refractivity contribution in [2.45, 2.75) is 19.6 Å². The van der Waals surface area contributed by atoms with Crippen molar-refractivity contribution in [3.63, 3.8) is 0 Å². The number of rotatable bonds is 6. The molecule has 0 bridgehead atoms. The Hall–Kier alpha value is -2.33. The van der Waals surface area contributed by atoms with Crippen molar-refractivity contribution in [3.8, 4) is 0 Å². The predicted octanol–water partition coefficient (Wildman–Crippen LogP) is 3.21. The van der Waals surface area contributed by atoms with E-state index in [-0.39, 0.29) is 0 Å². The SMILES string of the molecule is CN(C)c1ccc(COCc2cccc(C3=NCCCN3)c2)cc1. The predicted molar refractivity (Wildman–Crippen MR) is 99.7 cm³/mol. The fraction of sp³-hybridized carbons (Fsp3) is 0.350. The smallest absolute Gasteiger partial charge is 0.128 e. The average Bonchev–Trinajstić information content (AvgIpc) is 2.63. The van der Waals surface area contributed by atoms with Gasteiger partial charge >= 0.3 is 0 Å². The quantitative estimate of drug-likeness (QED) is 0.887. The number of amidine groups is 1. The summed E-state index contributed by atoms with van der Waals surface area (Å²) < 4.78 is 5.87. The monoisotopic (exact) mass is 323 g/mol. The molecule has 4 nitrogen and oxygen atoms in total. The van der Waals surface area contributed by atoms with E-state index in [1.54, 1.807) is 0 Å². The summed E-state index contributed by atoms with van der Waals surface area (Å²) in [6.07, 6.45) is 1.11. The van der Waals surface area contributed by atoms with Crippen LogP contribution in [0, 0.1) is 0 Å². The lowest BCUT2D eigenvalue weighted by molar-refractivity contribution is 0.107. The first-order valence-electron chi connectivity index (χ1n) is 8.44. The molecule has 2 aromatic rings. The Balaban J connectivity index is 1.56. The molecule has 0 saturated heterocycles. The van der Waals surface area contributed by atoms with Crippen molar-refractivity contribution >= 4 is 11.5 Å². The summed E-state index contributed by atoms with van der Waals surface area (Å²) in [4.78, 5) is 6.65. The van der Waals surface area contributed by atoms with Crippen LogP contribution in [-0.2, 0) is 18.0 Å². The number of nitrogens with one attached hydrogen (secondary N) is 1. The highest BCUT2D eigenvalue weighted by molar-refractivity contribution is 5.99. The summed E-state index contributed by atoms with van der Waals surface area (Å²) >= 11 is 0. The highest BCUT2D eigenvalue weighted by Gasteiger charge is 2.07. The van der Waals surface area contributed by atoms with Crippen LogP contribution in [0.15, 0.2) is 53.5 Å². The number of benzene rings is 2. The third kappa shape index (κ3) is 4.36. The van der Waals surface area contributed by atoms with Crippen LogP contribution < -0.4 is 10.2 Å². The molecular formula is C20H25N3O. The van der Waals surface area contributed by atoms with Gasteiger partial charge in [0.25, 0.3) is 0 Å². The zero-order valence-corrected chi connectivity index (χ0v) is 14.5. The van der Waals surface area contributed by atoms with E-state index in [1.165, 1.54) is 16.8 Å². The fourth-order valence-electron chi connectivity index (χ4n) is 2.71. The fourth-order valence-corrected chi connectivity index (χ4v) is 2.71. The van der Waals surface area contributed by atoms with Gasteiger partial charge in [-0.15, -0.1) is 0 Å². The van der Waals surface area contributed by atoms with Crippen LogP contribution in [0.4, 0.5) is 5.69 Å². The van der Waals surface area contributed by atoms with E-state index in [2.05, 4.69) is 63.7 Å². The lowest BCUT2D eigenvalue weighted by Crippen LogP contribution is -2.30. The van der Waals surface area contributed by atoms with E-state index in [4.69, 9.17) is 4.74 Å². The van der Waals surface area contributed by atoms with Gasteiger partial charge in [0.1, 0.15) is 5.84 Å². The van der Waals surface area contributed by atoms with Gasteiger partial charge < -0.3 is 15.0 Å². The molecule has 0 aromatic heterocycles. The first-order chi connectivity index (χ1) is 11.7. The molecule has 0 atom stereocenters. The summed E-state index contributed by atoms with van der Waals surface area (Å²) in [6, 6.07) is 16.9. The number of ether oxygens (including phenoxy) is 1. The van der Waals surface area contributed by atoms with Crippen LogP contribution >= 0.6 is 0 Å². The minimum Gasteiger partial charge on any atom is -0.378 e. The van der Waals surface area contributed by atoms with Crippen LogP contribution in [0.2, 0.25) is 0 Å². The van der Waals surface area contributed by atoms with E-state index in [1.807, 2.05) is 14.1 Å². The number of nitrogens with zero attached hydrogens (tertiary/aromatic N) is 2. The molecule has 0 amide bonds. The maximum atomic E-state index is 5.87. The van der Waals surface area contributed by atoms with Crippen molar-refractivity contribution in [1.29, 1.82) is 0 Å². The van der Waals surface area contributed by atoms with Gasteiger partial charge in [-0.25, -0.2) is 0 Å². The van der Waals surface area contributed by atoms with Crippen LogP contribution in [0.5, 0.6) is 0 Å². The molecule has 1 aliphatic rings. The van der Waals surface area contributed by atoms with Crippen molar-refractivity contribution in [2.75, 3.05) is 32.1 Å². The molecule has 0 saturated carbocycles. The van der Waals surface area contributed by atoms with Gasteiger partial charge in [0.2, 0.25) is 0 Å². The van der Waals surface area contributed by atoms with Crippen LogP contribution in [0.25, 0.3) is 0 Å². The minimum absolute atomic E-state index is 0.608. The molecular weight excluding hydrogens is 298 g/mol. The Morgan fingerprint density at radius 3 is 2.54 bits per heavy atom. The molecule has 1 aliphatic heterocycles. The Kier molecular flexibility index (Phi) is 5.49. The van der Waals surface area contributed by atoms with Gasteiger partial charge in [-0.3, -0.25) is 4.99 Å². The highest BCUT2D eigenvalue weighted by atomic mass is 16.5. The topological polar surface area (TPSA) is 36.9 Å². The molecule has 0 aliphatic carbocycles. The van der Waals surface area contributed by atoms with Crippen LogP contribution in [0.1, 0.15) is 23.1 Å². The molecule has 2 aromatic carbocycles. The van der Waals surface area contributed by atoms with Gasteiger partial charge in [-0.2, -0.15) is 0 Å². The molecule has 0 unspecified atom stereocenters. The first-order valence-corrected chi connectivity index (χ1v) is 8.44. The normalized spacial score (nSPS) is 14.0. The van der Waals surface area contributed by atoms with Gasteiger partial charge in [0.15, 0.2) is 0 Å². The highest BCUT2D eigenvalue weighted by Crippen LogP contribution is 2.14. The molecule has 0 spiro atoms. The van der Waals surface area contributed by atoms with Gasteiger partial charge in [0, 0.05) is 38.4 Å². The molecule has 1 heterocycles.